The van der Waals surface area contributed by atoms with E-state index in [1.54, 1.807) is 0 Å². The molecule has 7 nitrogen and oxygen atoms in total. The van der Waals surface area contributed by atoms with Crippen molar-refractivity contribution in [2.75, 3.05) is 32.8 Å². The number of nitrogens with zero attached hydrogens (tertiary/aromatic N) is 3. The number of nitrogens with one attached hydrogen (secondary N) is 1. The predicted molar refractivity (Wildman–Crippen MR) is 162 cm³/mol. The number of amides is 3. The molecular formula is C34H51FN4O3. The lowest BCUT2D eigenvalue weighted by atomic mass is 9.81. The predicted octanol–water partition coefficient (Wildman–Crippen LogP) is 5.70. The van der Waals surface area contributed by atoms with Crippen LogP contribution in [0, 0.1) is 11.8 Å². The van der Waals surface area contributed by atoms with Crippen molar-refractivity contribution >= 4 is 11.9 Å². The Morgan fingerprint density at radius 2 is 1.67 bits per heavy atom. The van der Waals surface area contributed by atoms with Crippen LogP contribution in [0.15, 0.2) is 30.3 Å². The summed E-state index contributed by atoms with van der Waals surface area (Å²) in [6, 6.07) is 11.6. The number of halogens is 1. The average Bonchev–Trinajstić information content (AvgIpc) is 3.40. The first-order chi connectivity index (χ1) is 20.3. The van der Waals surface area contributed by atoms with Crippen molar-refractivity contribution in [2.45, 2.75) is 120 Å². The van der Waals surface area contributed by atoms with Crippen molar-refractivity contribution in [1.29, 1.82) is 0 Å². The Labute approximate surface area is 251 Å². The monoisotopic (exact) mass is 582 g/mol. The first kappa shape index (κ1) is 29.9. The molecule has 1 aromatic carbocycles. The minimum absolute atomic E-state index is 0.0488. The quantitative estimate of drug-likeness (QED) is 0.406. The van der Waals surface area contributed by atoms with E-state index in [1.807, 2.05) is 18.2 Å². The van der Waals surface area contributed by atoms with Gasteiger partial charge in [-0.15, -0.1) is 0 Å². The summed E-state index contributed by atoms with van der Waals surface area (Å²) in [5, 5.41) is 3.37. The third-order valence-corrected chi connectivity index (χ3v) is 11.0. The van der Waals surface area contributed by atoms with Crippen LogP contribution in [-0.2, 0) is 9.53 Å². The van der Waals surface area contributed by atoms with Crippen LogP contribution in [0.2, 0.25) is 0 Å². The van der Waals surface area contributed by atoms with Crippen molar-refractivity contribution in [3.8, 4) is 0 Å². The van der Waals surface area contributed by atoms with Crippen LogP contribution >= 0.6 is 0 Å². The maximum Gasteiger partial charge on any atom is 0.320 e. The smallest absolute Gasteiger partial charge is 0.320 e. The first-order valence-corrected chi connectivity index (χ1v) is 16.7. The Hall–Kier alpha value is -2.19. The Morgan fingerprint density at radius 3 is 2.31 bits per heavy atom. The normalized spacial score (nSPS) is 33.1. The molecule has 4 aliphatic heterocycles. The molecule has 1 aromatic rings. The molecule has 5 fully saturated rings. The average molecular weight is 583 g/mol. The molecule has 4 saturated heterocycles. The second-order valence-electron chi connectivity index (χ2n) is 14.1. The Kier molecular flexibility index (Phi) is 9.11. The maximum atomic E-state index is 13.8. The van der Waals surface area contributed by atoms with Crippen LogP contribution in [0.1, 0.15) is 96.1 Å². The van der Waals surface area contributed by atoms with Crippen LogP contribution in [0.3, 0.4) is 0 Å². The molecule has 2 unspecified atom stereocenters. The van der Waals surface area contributed by atoms with Crippen LogP contribution in [0.5, 0.6) is 0 Å². The maximum absolute atomic E-state index is 13.8. The summed E-state index contributed by atoms with van der Waals surface area (Å²) in [5.74, 6) is 0.541. The van der Waals surface area contributed by atoms with Crippen molar-refractivity contribution in [2.24, 2.45) is 11.8 Å². The van der Waals surface area contributed by atoms with Gasteiger partial charge in [-0.05, 0) is 96.0 Å². The molecule has 8 heteroatoms. The van der Waals surface area contributed by atoms with Gasteiger partial charge in [0.05, 0.1) is 11.6 Å². The van der Waals surface area contributed by atoms with Gasteiger partial charge in [0.1, 0.15) is 6.17 Å². The third-order valence-electron chi connectivity index (χ3n) is 11.0. The standard InChI is InChI=1S/C34H51FN4O3/c1-24(2)39-33(41)37(22-25-15-18-42-19-16-25)23-34(39)20-29-12-13-30(21-34)38(29)17-14-31(26-6-4-3-5-7-26)36-32(40)27-8-10-28(35)11-9-27/h3-7,24-25,27-31H,8-23H2,1-2H3,(H,36,40)/t27-,28-,29?,30?,31-,34?/m0/s1. The van der Waals surface area contributed by atoms with Gasteiger partial charge in [-0.2, -0.15) is 0 Å². The SMILES string of the molecule is CC(C)N1C(=O)N(CC2CCOCC2)CC12CC1CCC(C2)N1CC[C@H](NC(=O)[C@H]1CC[C@H](F)CC1)c1ccccc1. The molecule has 2 bridgehead atoms. The second kappa shape index (κ2) is 12.8. The lowest BCUT2D eigenvalue weighted by Crippen LogP contribution is -2.60. The second-order valence-corrected chi connectivity index (χ2v) is 14.1. The van der Waals surface area contributed by atoms with E-state index < -0.39 is 6.17 Å². The van der Waals surface area contributed by atoms with E-state index in [1.165, 1.54) is 12.8 Å². The third kappa shape index (κ3) is 6.21. The molecule has 1 N–H and O–H groups in total. The molecule has 3 amide bonds. The molecule has 1 saturated carbocycles. The van der Waals surface area contributed by atoms with E-state index in [4.69, 9.17) is 4.74 Å². The molecule has 6 rings (SSSR count). The van der Waals surface area contributed by atoms with Crippen LogP contribution in [0.25, 0.3) is 0 Å². The zero-order valence-corrected chi connectivity index (χ0v) is 25.7. The lowest BCUT2D eigenvalue weighted by molar-refractivity contribution is -0.127. The van der Waals surface area contributed by atoms with E-state index in [0.717, 1.165) is 70.5 Å². The molecule has 1 aliphatic carbocycles. The van der Waals surface area contributed by atoms with E-state index in [0.29, 0.717) is 43.7 Å². The van der Waals surface area contributed by atoms with Crippen molar-refractivity contribution in [1.82, 2.24) is 20.0 Å². The summed E-state index contributed by atoms with van der Waals surface area (Å²) in [5.41, 5.74) is 1.06. The number of ether oxygens (including phenoxy) is 1. The van der Waals surface area contributed by atoms with E-state index >= 15 is 0 Å². The molecule has 3 atom stereocenters. The molecule has 5 aliphatic rings. The van der Waals surface area contributed by atoms with Crippen molar-refractivity contribution in [3.63, 3.8) is 0 Å². The summed E-state index contributed by atoms with van der Waals surface area (Å²) < 4.78 is 19.3. The highest BCUT2D eigenvalue weighted by Gasteiger charge is 2.57. The number of alkyl halides is 1. The van der Waals surface area contributed by atoms with Gasteiger partial charge in [-0.3, -0.25) is 9.69 Å². The molecule has 0 radical (unpaired) electrons. The molecule has 42 heavy (non-hydrogen) atoms. The number of fused-ring (bicyclic) bond motifs is 2. The summed E-state index contributed by atoms with van der Waals surface area (Å²) >= 11 is 0. The summed E-state index contributed by atoms with van der Waals surface area (Å²) in [4.78, 5) is 34.2. The number of benzene rings is 1. The van der Waals surface area contributed by atoms with Crippen LogP contribution in [-0.4, -0.2) is 89.3 Å². The number of carbonyl (C=O) groups excluding carboxylic acids is 2. The molecule has 0 aromatic heterocycles. The lowest BCUT2D eigenvalue weighted by Gasteiger charge is -2.49. The molecule has 4 heterocycles. The van der Waals surface area contributed by atoms with Crippen LogP contribution in [0.4, 0.5) is 9.18 Å². The fourth-order valence-corrected chi connectivity index (χ4v) is 9.00. The van der Waals surface area contributed by atoms with E-state index in [-0.39, 0.29) is 35.5 Å². The fraction of sp³-hybridized carbons (Fsp3) is 0.765. The molecule has 1 spiro atoms. The van der Waals surface area contributed by atoms with Crippen molar-refractivity contribution < 1.29 is 18.7 Å². The number of urea groups is 1. The Morgan fingerprint density at radius 1 is 1.00 bits per heavy atom. The zero-order valence-electron chi connectivity index (χ0n) is 25.7. The summed E-state index contributed by atoms with van der Waals surface area (Å²) in [6.07, 6.45) is 8.91. The zero-order chi connectivity index (χ0) is 29.3. The minimum Gasteiger partial charge on any atom is -0.381 e. The van der Waals surface area contributed by atoms with Gasteiger partial charge in [0.25, 0.3) is 0 Å². The van der Waals surface area contributed by atoms with Gasteiger partial charge < -0.3 is 19.9 Å². The summed E-state index contributed by atoms with van der Waals surface area (Å²) in [7, 11) is 0. The molecular weight excluding hydrogens is 531 g/mol. The number of hydrogen-bond donors (Lipinski definition) is 1. The Bertz CT molecular complexity index is 1060. The highest BCUT2D eigenvalue weighted by molar-refractivity contribution is 5.79. The number of hydrogen-bond acceptors (Lipinski definition) is 4. The number of rotatable bonds is 9. The Balaban J connectivity index is 1.12. The minimum atomic E-state index is -0.757. The van der Waals surface area contributed by atoms with E-state index in [9.17, 15) is 14.0 Å². The largest absolute Gasteiger partial charge is 0.381 e. The summed E-state index contributed by atoms with van der Waals surface area (Å²) in [6.45, 7) is 8.63. The van der Waals surface area contributed by atoms with Gasteiger partial charge in [0.15, 0.2) is 0 Å². The van der Waals surface area contributed by atoms with Gasteiger partial charge in [0.2, 0.25) is 5.91 Å². The number of piperidine rings is 1. The highest BCUT2D eigenvalue weighted by Crippen LogP contribution is 2.48. The topological polar surface area (TPSA) is 65.1 Å². The van der Waals surface area contributed by atoms with Gasteiger partial charge in [0, 0.05) is 56.9 Å². The van der Waals surface area contributed by atoms with Gasteiger partial charge >= 0.3 is 6.03 Å². The van der Waals surface area contributed by atoms with Crippen molar-refractivity contribution in [3.05, 3.63) is 35.9 Å². The van der Waals surface area contributed by atoms with Crippen LogP contribution < -0.4 is 5.32 Å². The van der Waals surface area contributed by atoms with E-state index in [2.05, 4.69) is 46.0 Å². The highest BCUT2D eigenvalue weighted by atomic mass is 19.1. The fourth-order valence-electron chi connectivity index (χ4n) is 9.00. The molecule has 232 valence electrons. The van der Waals surface area contributed by atoms with Gasteiger partial charge in [-0.25, -0.2) is 9.18 Å². The number of carbonyl (C=O) groups is 2. The van der Waals surface area contributed by atoms with Gasteiger partial charge in [-0.1, -0.05) is 30.3 Å². The first-order valence-electron chi connectivity index (χ1n) is 16.7.